The van der Waals surface area contributed by atoms with Gasteiger partial charge in [0.1, 0.15) is 11.8 Å². The van der Waals surface area contributed by atoms with Crippen LogP contribution >= 0.6 is 0 Å². The molecule has 2 aromatic heterocycles. The normalized spacial score (nSPS) is 11.0. The second-order valence-corrected chi connectivity index (χ2v) is 6.03. The topological polar surface area (TPSA) is 67.8 Å². The van der Waals surface area contributed by atoms with Crippen LogP contribution in [-0.2, 0) is 0 Å². The molecule has 0 fully saturated rings. The first-order chi connectivity index (χ1) is 12.1. The summed E-state index contributed by atoms with van der Waals surface area (Å²) < 4.78 is 0. The number of anilines is 2. The van der Waals surface area contributed by atoms with Gasteiger partial charge in [-0.05, 0) is 37.6 Å². The second kappa shape index (κ2) is 5.94. The van der Waals surface area contributed by atoms with Gasteiger partial charge in [-0.15, -0.1) is 0 Å². The third-order valence-corrected chi connectivity index (χ3v) is 4.14. The van der Waals surface area contributed by atoms with Crippen LogP contribution in [-0.4, -0.2) is 20.7 Å². The number of aryl methyl sites for hydroxylation is 1. The maximum absolute atomic E-state index is 11.7. The van der Waals surface area contributed by atoms with Gasteiger partial charge in [0.2, 0.25) is 0 Å². The fraction of sp³-hybridized carbons (Fsp3) is 0.100. The molecule has 0 aliphatic rings. The summed E-state index contributed by atoms with van der Waals surface area (Å²) in [5, 5.41) is 5.17. The van der Waals surface area contributed by atoms with E-state index in [1.54, 1.807) is 13.1 Å². The predicted octanol–water partition coefficient (Wildman–Crippen LogP) is 4.43. The first-order valence-electron chi connectivity index (χ1n) is 8.00. The zero-order valence-electron chi connectivity index (χ0n) is 13.9. The van der Waals surface area contributed by atoms with Gasteiger partial charge in [0.15, 0.2) is 11.6 Å². The van der Waals surface area contributed by atoms with Gasteiger partial charge in [0, 0.05) is 28.2 Å². The minimum Gasteiger partial charge on any atom is -0.338 e. The van der Waals surface area contributed by atoms with Gasteiger partial charge in [-0.3, -0.25) is 4.79 Å². The van der Waals surface area contributed by atoms with Crippen molar-refractivity contribution >= 4 is 39.1 Å². The Kier molecular flexibility index (Phi) is 3.61. The summed E-state index contributed by atoms with van der Waals surface area (Å²) in [6.45, 7) is 3.59. The Balaban J connectivity index is 1.96. The van der Waals surface area contributed by atoms with E-state index in [-0.39, 0.29) is 5.78 Å². The van der Waals surface area contributed by atoms with Crippen molar-refractivity contribution in [3.05, 3.63) is 66.1 Å². The van der Waals surface area contributed by atoms with E-state index in [0.29, 0.717) is 11.4 Å². The third kappa shape index (κ3) is 2.80. The maximum Gasteiger partial charge on any atom is 0.159 e. The van der Waals surface area contributed by atoms with Crippen LogP contribution in [0.15, 0.2) is 55.0 Å². The van der Waals surface area contributed by atoms with Crippen molar-refractivity contribution in [1.82, 2.24) is 15.0 Å². The van der Waals surface area contributed by atoms with E-state index in [2.05, 4.69) is 15.3 Å². The number of benzene rings is 2. The van der Waals surface area contributed by atoms with Gasteiger partial charge in [-0.25, -0.2) is 15.0 Å². The van der Waals surface area contributed by atoms with Gasteiger partial charge >= 0.3 is 0 Å². The number of pyridine rings is 1. The lowest BCUT2D eigenvalue weighted by atomic mass is 10.1. The molecule has 0 bridgehead atoms. The molecule has 5 nitrogen and oxygen atoms in total. The van der Waals surface area contributed by atoms with Crippen molar-refractivity contribution in [3.8, 4) is 0 Å². The van der Waals surface area contributed by atoms with Crippen LogP contribution in [0.1, 0.15) is 22.8 Å². The molecule has 0 radical (unpaired) electrons. The SMILES string of the molecule is CC(=O)c1ccc2c(c1)nc(Nc1cccc(C)c1)c1ncncc12. The lowest BCUT2D eigenvalue weighted by Crippen LogP contribution is -1.99. The van der Waals surface area contributed by atoms with Crippen LogP contribution in [0.2, 0.25) is 0 Å². The van der Waals surface area contributed by atoms with Crippen LogP contribution in [0.4, 0.5) is 11.5 Å². The number of nitrogens with one attached hydrogen (secondary N) is 1. The minimum absolute atomic E-state index is 0.0151. The van der Waals surface area contributed by atoms with E-state index >= 15 is 0 Å². The Morgan fingerprint density at radius 3 is 2.76 bits per heavy atom. The number of hydrogen-bond donors (Lipinski definition) is 1. The first-order valence-corrected chi connectivity index (χ1v) is 8.00. The number of Topliss-reactive ketones (excluding diaryl/α,β-unsaturated/α-hetero) is 1. The number of carbonyl (C=O) groups is 1. The number of ketones is 1. The van der Waals surface area contributed by atoms with Crippen molar-refractivity contribution in [2.24, 2.45) is 0 Å². The summed E-state index contributed by atoms with van der Waals surface area (Å²) in [5.41, 5.74) is 4.22. The summed E-state index contributed by atoms with van der Waals surface area (Å²) in [7, 11) is 0. The quantitative estimate of drug-likeness (QED) is 0.445. The van der Waals surface area contributed by atoms with Crippen LogP contribution in [0.5, 0.6) is 0 Å². The van der Waals surface area contributed by atoms with E-state index in [0.717, 1.165) is 33.1 Å². The molecule has 0 atom stereocenters. The van der Waals surface area contributed by atoms with Crippen molar-refractivity contribution in [2.45, 2.75) is 13.8 Å². The molecule has 4 aromatic rings. The van der Waals surface area contributed by atoms with E-state index in [1.807, 2.05) is 49.4 Å². The van der Waals surface area contributed by atoms with E-state index < -0.39 is 0 Å². The highest BCUT2D eigenvalue weighted by Gasteiger charge is 2.11. The molecular weight excluding hydrogens is 312 g/mol. The number of rotatable bonds is 3. The molecule has 4 rings (SSSR count). The largest absolute Gasteiger partial charge is 0.338 e. The molecule has 5 heteroatoms. The van der Waals surface area contributed by atoms with Crippen LogP contribution in [0, 0.1) is 6.92 Å². The van der Waals surface area contributed by atoms with Gasteiger partial charge in [-0.1, -0.05) is 24.3 Å². The molecule has 0 spiro atoms. The molecule has 1 N–H and O–H groups in total. The molecule has 2 heterocycles. The fourth-order valence-electron chi connectivity index (χ4n) is 2.91. The molecule has 2 aromatic carbocycles. The molecule has 0 saturated carbocycles. The Morgan fingerprint density at radius 1 is 1.08 bits per heavy atom. The zero-order chi connectivity index (χ0) is 17.4. The van der Waals surface area contributed by atoms with Crippen LogP contribution < -0.4 is 5.32 Å². The molecule has 0 amide bonds. The summed E-state index contributed by atoms with van der Waals surface area (Å²) in [5.74, 6) is 0.664. The molecular formula is C20H16N4O. The van der Waals surface area contributed by atoms with Crippen LogP contribution in [0.3, 0.4) is 0 Å². The van der Waals surface area contributed by atoms with Crippen molar-refractivity contribution < 1.29 is 4.79 Å². The highest BCUT2D eigenvalue weighted by atomic mass is 16.1. The lowest BCUT2D eigenvalue weighted by Gasteiger charge is -2.11. The molecule has 25 heavy (non-hydrogen) atoms. The number of hydrogen-bond acceptors (Lipinski definition) is 5. The Labute approximate surface area is 144 Å². The molecule has 0 saturated heterocycles. The third-order valence-electron chi connectivity index (χ3n) is 4.14. The number of fused-ring (bicyclic) bond motifs is 3. The number of nitrogens with zero attached hydrogens (tertiary/aromatic N) is 3. The molecule has 0 aliphatic carbocycles. The van der Waals surface area contributed by atoms with E-state index in [4.69, 9.17) is 4.98 Å². The smallest absolute Gasteiger partial charge is 0.159 e. The average molecular weight is 328 g/mol. The fourth-order valence-corrected chi connectivity index (χ4v) is 2.91. The van der Waals surface area contributed by atoms with Gasteiger partial charge in [0.05, 0.1) is 5.52 Å². The zero-order valence-corrected chi connectivity index (χ0v) is 13.9. The lowest BCUT2D eigenvalue weighted by molar-refractivity contribution is 0.101. The highest BCUT2D eigenvalue weighted by Crippen LogP contribution is 2.29. The number of aromatic nitrogens is 3. The van der Waals surface area contributed by atoms with Gasteiger partial charge < -0.3 is 5.32 Å². The molecule has 0 unspecified atom stereocenters. The van der Waals surface area contributed by atoms with Gasteiger partial charge in [0.25, 0.3) is 0 Å². The first kappa shape index (κ1) is 15.2. The number of carbonyl (C=O) groups excluding carboxylic acids is 1. The molecule has 0 aliphatic heterocycles. The van der Waals surface area contributed by atoms with Gasteiger partial charge in [-0.2, -0.15) is 0 Å². The second-order valence-electron chi connectivity index (χ2n) is 6.03. The van der Waals surface area contributed by atoms with E-state index in [1.165, 1.54) is 6.33 Å². The van der Waals surface area contributed by atoms with Crippen LogP contribution in [0.25, 0.3) is 21.8 Å². The summed E-state index contributed by atoms with van der Waals surface area (Å²) in [4.78, 5) is 25.0. The summed E-state index contributed by atoms with van der Waals surface area (Å²) >= 11 is 0. The monoisotopic (exact) mass is 328 g/mol. The summed E-state index contributed by atoms with van der Waals surface area (Å²) in [6.07, 6.45) is 3.29. The van der Waals surface area contributed by atoms with E-state index in [9.17, 15) is 4.79 Å². The van der Waals surface area contributed by atoms with Crippen molar-refractivity contribution in [2.75, 3.05) is 5.32 Å². The predicted molar refractivity (Wildman–Crippen MR) is 99.3 cm³/mol. The van der Waals surface area contributed by atoms with Crippen molar-refractivity contribution in [1.29, 1.82) is 0 Å². The highest BCUT2D eigenvalue weighted by molar-refractivity contribution is 6.10. The molecule has 122 valence electrons. The van der Waals surface area contributed by atoms with Crippen molar-refractivity contribution in [3.63, 3.8) is 0 Å². The Bertz CT molecular complexity index is 1120. The minimum atomic E-state index is 0.0151. The Hall–Kier alpha value is -3.34. The average Bonchev–Trinajstić information content (AvgIpc) is 2.61. The standard InChI is InChI=1S/C20H16N4O/c1-12-4-3-5-15(8-12)23-20-19-17(10-21-11-22-19)16-7-6-14(13(2)25)9-18(16)24-20/h3-11H,1-2H3,(H,23,24). The Morgan fingerprint density at radius 2 is 1.96 bits per heavy atom. The maximum atomic E-state index is 11.7. The summed E-state index contributed by atoms with van der Waals surface area (Å²) in [6, 6.07) is 13.6.